The number of aromatic nitrogens is 2. The number of benzene rings is 2. The fourth-order valence-corrected chi connectivity index (χ4v) is 2.56. The van der Waals surface area contributed by atoms with Gasteiger partial charge in [0.25, 0.3) is 5.91 Å². The molecule has 1 N–H and O–H groups in total. The molecule has 144 valence electrons. The molecule has 0 saturated heterocycles. The minimum absolute atomic E-state index is 0.0191. The summed E-state index contributed by atoms with van der Waals surface area (Å²) in [5.74, 6) is -2.25. The Hall–Kier alpha value is -3.34. The van der Waals surface area contributed by atoms with Crippen molar-refractivity contribution in [3.8, 4) is 5.75 Å². The van der Waals surface area contributed by atoms with Crippen LogP contribution in [-0.4, -0.2) is 20.6 Å². The van der Waals surface area contributed by atoms with E-state index >= 15 is 0 Å². The van der Waals surface area contributed by atoms with Crippen molar-refractivity contribution < 1.29 is 23.2 Å². The van der Waals surface area contributed by atoms with E-state index in [0.29, 0.717) is 4.47 Å². The van der Waals surface area contributed by atoms with E-state index in [0.717, 1.165) is 18.2 Å². The lowest BCUT2D eigenvalue weighted by Crippen LogP contribution is -2.15. The van der Waals surface area contributed by atoms with Gasteiger partial charge in [-0.25, -0.2) is 13.5 Å². The number of carbonyl (C=O) groups excluding carboxylic acids is 1. The van der Waals surface area contributed by atoms with Crippen LogP contribution in [0.3, 0.4) is 0 Å². The first-order valence-corrected chi connectivity index (χ1v) is 8.49. The fourth-order valence-electron chi connectivity index (χ4n) is 2.22. The average Bonchev–Trinajstić information content (AvgIpc) is 3.11. The molecule has 3 rings (SSSR count). The Morgan fingerprint density at radius 1 is 1.25 bits per heavy atom. The van der Waals surface area contributed by atoms with Gasteiger partial charge >= 0.3 is 5.69 Å². The van der Waals surface area contributed by atoms with Crippen molar-refractivity contribution in [1.82, 2.24) is 9.78 Å². The Morgan fingerprint density at radius 3 is 2.75 bits per heavy atom. The summed E-state index contributed by atoms with van der Waals surface area (Å²) in [5.41, 5.74) is -0.453. The van der Waals surface area contributed by atoms with Gasteiger partial charge in [-0.2, -0.15) is 5.10 Å². The van der Waals surface area contributed by atoms with Gasteiger partial charge in [0.05, 0.1) is 10.6 Å². The number of nitrogens with one attached hydrogen (secondary N) is 1. The van der Waals surface area contributed by atoms with Gasteiger partial charge in [-0.3, -0.25) is 14.9 Å². The SMILES string of the molecule is O=C(Nc1ccc(Br)cc1F)c1ccn(COc2cc(F)ccc2[N+](=O)[O-])n1. The first kappa shape index (κ1) is 19.4. The molecule has 2 aromatic carbocycles. The largest absolute Gasteiger partial charge is 0.464 e. The molecule has 1 amide bonds. The third-order valence-electron chi connectivity index (χ3n) is 3.52. The predicted molar refractivity (Wildman–Crippen MR) is 98.0 cm³/mol. The maximum Gasteiger partial charge on any atom is 0.311 e. The van der Waals surface area contributed by atoms with Crippen LogP contribution in [0.5, 0.6) is 5.75 Å². The number of nitro benzene ring substituents is 1. The highest BCUT2D eigenvalue weighted by atomic mass is 79.9. The molecule has 0 bridgehead atoms. The summed E-state index contributed by atoms with van der Waals surface area (Å²) in [6.07, 6.45) is 1.39. The number of rotatable bonds is 6. The molecule has 0 fully saturated rings. The zero-order valence-electron chi connectivity index (χ0n) is 13.9. The third kappa shape index (κ3) is 4.49. The van der Waals surface area contributed by atoms with E-state index in [1.165, 1.54) is 29.1 Å². The van der Waals surface area contributed by atoms with E-state index in [1.54, 1.807) is 6.07 Å². The lowest BCUT2D eigenvalue weighted by molar-refractivity contribution is -0.386. The number of ether oxygens (including phenoxy) is 1. The topological polar surface area (TPSA) is 99.3 Å². The molecule has 8 nitrogen and oxygen atoms in total. The van der Waals surface area contributed by atoms with Crippen molar-refractivity contribution in [2.75, 3.05) is 5.32 Å². The second-order valence-corrected chi connectivity index (χ2v) is 6.38. The van der Waals surface area contributed by atoms with Crippen LogP contribution in [0.2, 0.25) is 0 Å². The predicted octanol–water partition coefficient (Wildman–Crippen LogP) is 4.12. The maximum absolute atomic E-state index is 13.8. The van der Waals surface area contributed by atoms with Gasteiger partial charge in [-0.15, -0.1) is 0 Å². The summed E-state index contributed by atoms with van der Waals surface area (Å²) in [7, 11) is 0. The second kappa shape index (κ2) is 8.13. The first-order chi connectivity index (χ1) is 13.3. The minimum atomic E-state index is -0.705. The number of nitro groups is 1. The summed E-state index contributed by atoms with van der Waals surface area (Å²) in [4.78, 5) is 22.4. The van der Waals surface area contributed by atoms with Crippen LogP contribution in [0.25, 0.3) is 0 Å². The highest BCUT2D eigenvalue weighted by molar-refractivity contribution is 9.10. The Balaban J connectivity index is 1.68. The fraction of sp³-hybridized carbons (Fsp3) is 0.0588. The lowest BCUT2D eigenvalue weighted by Gasteiger charge is -2.07. The Kier molecular flexibility index (Phi) is 5.64. The molecule has 3 aromatic rings. The van der Waals surface area contributed by atoms with Gasteiger partial charge in [0.2, 0.25) is 5.75 Å². The van der Waals surface area contributed by atoms with Gasteiger partial charge in [0.1, 0.15) is 11.6 Å². The molecule has 0 spiro atoms. The van der Waals surface area contributed by atoms with Crippen LogP contribution >= 0.6 is 15.9 Å². The number of halogens is 3. The molecule has 0 aliphatic rings. The van der Waals surface area contributed by atoms with E-state index < -0.39 is 28.2 Å². The molecular formula is C17H11BrF2N4O4. The smallest absolute Gasteiger partial charge is 0.311 e. The van der Waals surface area contributed by atoms with Crippen LogP contribution in [0.15, 0.2) is 53.1 Å². The number of anilines is 1. The van der Waals surface area contributed by atoms with Crippen molar-refractivity contribution in [2.24, 2.45) is 0 Å². The van der Waals surface area contributed by atoms with Crippen molar-refractivity contribution in [3.05, 3.63) is 80.6 Å². The van der Waals surface area contributed by atoms with Crippen molar-refractivity contribution in [1.29, 1.82) is 0 Å². The van der Waals surface area contributed by atoms with Crippen LogP contribution < -0.4 is 10.1 Å². The van der Waals surface area contributed by atoms with E-state index in [-0.39, 0.29) is 23.9 Å². The summed E-state index contributed by atoms with van der Waals surface area (Å²) in [5, 5.41) is 17.3. The van der Waals surface area contributed by atoms with Gasteiger partial charge in [0.15, 0.2) is 12.4 Å². The normalized spacial score (nSPS) is 10.5. The molecule has 0 unspecified atom stereocenters. The number of nitrogens with zero attached hydrogens (tertiary/aromatic N) is 3. The quantitative estimate of drug-likeness (QED) is 0.447. The molecular weight excluding hydrogens is 442 g/mol. The van der Waals surface area contributed by atoms with E-state index in [4.69, 9.17) is 4.74 Å². The maximum atomic E-state index is 13.8. The standard InChI is InChI=1S/C17H11BrF2N4O4/c18-10-1-3-13(12(20)7-10)21-17(25)14-5-6-23(22-14)9-28-16-8-11(19)2-4-15(16)24(26)27/h1-8H,9H2,(H,21,25). The van der Waals surface area contributed by atoms with E-state index in [2.05, 4.69) is 26.3 Å². The van der Waals surface area contributed by atoms with Gasteiger partial charge < -0.3 is 10.1 Å². The molecule has 28 heavy (non-hydrogen) atoms. The summed E-state index contributed by atoms with van der Waals surface area (Å²) < 4.78 is 34.0. The van der Waals surface area contributed by atoms with Crippen molar-refractivity contribution >= 4 is 33.2 Å². The zero-order valence-corrected chi connectivity index (χ0v) is 15.5. The Bertz CT molecular complexity index is 1060. The minimum Gasteiger partial charge on any atom is -0.464 e. The highest BCUT2D eigenvalue weighted by Gasteiger charge is 2.17. The first-order valence-electron chi connectivity index (χ1n) is 7.70. The number of hydrogen-bond donors (Lipinski definition) is 1. The van der Waals surface area contributed by atoms with Crippen LogP contribution in [-0.2, 0) is 6.73 Å². The zero-order chi connectivity index (χ0) is 20.3. The molecule has 1 heterocycles. The van der Waals surface area contributed by atoms with Crippen LogP contribution in [0.1, 0.15) is 10.5 Å². The lowest BCUT2D eigenvalue weighted by atomic mass is 10.3. The molecule has 0 saturated carbocycles. The Labute approximate surface area is 165 Å². The van der Waals surface area contributed by atoms with Gasteiger partial charge in [-0.05, 0) is 30.3 Å². The summed E-state index contributed by atoms with van der Waals surface area (Å²) in [6, 6.07) is 8.33. The van der Waals surface area contributed by atoms with Gasteiger partial charge in [0, 0.05) is 22.8 Å². The number of amides is 1. The van der Waals surface area contributed by atoms with E-state index in [9.17, 15) is 23.7 Å². The molecule has 1 aromatic heterocycles. The molecule has 0 aliphatic heterocycles. The van der Waals surface area contributed by atoms with Gasteiger partial charge in [-0.1, -0.05) is 15.9 Å². The number of carbonyl (C=O) groups is 1. The van der Waals surface area contributed by atoms with E-state index in [1.807, 2.05) is 0 Å². The third-order valence-corrected chi connectivity index (χ3v) is 4.02. The van der Waals surface area contributed by atoms with Crippen molar-refractivity contribution in [2.45, 2.75) is 6.73 Å². The Morgan fingerprint density at radius 2 is 2.04 bits per heavy atom. The summed E-state index contributed by atoms with van der Waals surface area (Å²) in [6.45, 7) is -0.301. The molecule has 0 radical (unpaired) electrons. The van der Waals surface area contributed by atoms with Crippen LogP contribution in [0.4, 0.5) is 20.2 Å². The van der Waals surface area contributed by atoms with Crippen molar-refractivity contribution in [3.63, 3.8) is 0 Å². The summed E-state index contributed by atoms with van der Waals surface area (Å²) >= 11 is 3.12. The highest BCUT2D eigenvalue weighted by Crippen LogP contribution is 2.27. The second-order valence-electron chi connectivity index (χ2n) is 5.46. The average molecular weight is 453 g/mol. The van der Waals surface area contributed by atoms with Crippen LogP contribution in [0, 0.1) is 21.7 Å². The molecule has 11 heteroatoms. The molecule has 0 aliphatic carbocycles. The molecule has 0 atom stereocenters. The number of hydrogen-bond acceptors (Lipinski definition) is 5. The monoisotopic (exact) mass is 452 g/mol.